The van der Waals surface area contributed by atoms with Gasteiger partial charge in [0, 0.05) is 12.1 Å². The van der Waals surface area contributed by atoms with Gasteiger partial charge in [0.05, 0.1) is 28.0 Å². The number of non-ortho nitro benzene ring substituents is 1. The number of benzene rings is 3. The lowest BCUT2D eigenvalue weighted by Crippen LogP contribution is -2.32. The van der Waals surface area contributed by atoms with Crippen molar-refractivity contribution in [3.63, 3.8) is 0 Å². The molecule has 4 unspecified atom stereocenters. The van der Waals surface area contributed by atoms with Crippen molar-refractivity contribution in [2.75, 3.05) is 4.90 Å². The predicted octanol–water partition coefficient (Wildman–Crippen LogP) is 5.06. The molecule has 2 aliphatic carbocycles. The van der Waals surface area contributed by atoms with E-state index in [1.165, 1.54) is 29.2 Å². The fraction of sp³-hybridized carbons (Fsp3) is 0.207. The molecule has 9 nitrogen and oxygen atoms in total. The number of rotatable bonds is 7. The number of hydrogen-bond acceptors (Lipinski definition) is 7. The number of nitro groups is 1. The lowest BCUT2D eigenvalue weighted by Gasteiger charge is -2.17. The van der Waals surface area contributed by atoms with E-state index in [1.54, 1.807) is 48.5 Å². The maximum Gasteiger partial charge on any atom is 0.338 e. The Labute approximate surface area is 217 Å². The minimum absolute atomic E-state index is 0.0197. The van der Waals surface area contributed by atoms with E-state index >= 15 is 0 Å². The summed E-state index contributed by atoms with van der Waals surface area (Å²) in [5, 5.41) is 10.8. The summed E-state index contributed by atoms with van der Waals surface area (Å²) in [5.74, 6) is -0.109. The quantitative estimate of drug-likeness (QED) is 0.143. The SMILES string of the molecule is O=C(OCc1ccc(Oc2ccc([N+](=O)[O-])cc2)cc1)c1ccc(N2C(=O)C3C4C=CC(C4)C3C2=O)cc1. The first-order valence-electron chi connectivity index (χ1n) is 12.2. The number of ether oxygens (including phenoxy) is 2. The monoisotopic (exact) mass is 510 g/mol. The summed E-state index contributed by atoms with van der Waals surface area (Å²) >= 11 is 0. The van der Waals surface area contributed by atoms with Crippen LogP contribution in [0.5, 0.6) is 11.5 Å². The van der Waals surface area contributed by atoms with Gasteiger partial charge in [0.2, 0.25) is 11.8 Å². The molecule has 1 saturated carbocycles. The molecule has 190 valence electrons. The molecule has 2 fully saturated rings. The first-order chi connectivity index (χ1) is 18.4. The number of fused-ring (bicyclic) bond motifs is 5. The van der Waals surface area contributed by atoms with Crippen molar-refractivity contribution < 1.29 is 28.8 Å². The van der Waals surface area contributed by atoms with Crippen molar-refractivity contribution in [2.45, 2.75) is 13.0 Å². The molecule has 9 heteroatoms. The average Bonchev–Trinajstić information content (AvgIpc) is 3.62. The molecule has 6 rings (SSSR count). The first kappa shape index (κ1) is 23.6. The average molecular weight is 511 g/mol. The van der Waals surface area contributed by atoms with Crippen LogP contribution in [0.1, 0.15) is 22.3 Å². The number of carbonyl (C=O) groups is 3. The standard InChI is InChI=1S/C29H22N2O7/c32-27-25-19-3-4-20(15-19)26(25)28(33)30(27)21-7-5-18(6-8-21)29(34)37-16-17-1-11-23(12-2-17)38-24-13-9-22(10-14-24)31(35)36/h1-14,19-20,25-26H,15-16H2. The third-order valence-corrected chi connectivity index (χ3v) is 7.41. The van der Waals surface area contributed by atoms with Crippen LogP contribution in [0.4, 0.5) is 11.4 Å². The highest BCUT2D eigenvalue weighted by Gasteiger charge is 2.59. The molecule has 0 aromatic heterocycles. The Morgan fingerprint density at radius 1 is 0.842 bits per heavy atom. The number of imide groups is 1. The van der Waals surface area contributed by atoms with Gasteiger partial charge < -0.3 is 9.47 Å². The minimum Gasteiger partial charge on any atom is -0.457 e. The van der Waals surface area contributed by atoms with E-state index < -0.39 is 10.9 Å². The molecule has 2 bridgehead atoms. The normalized spacial score (nSPS) is 23.0. The number of carbonyl (C=O) groups excluding carboxylic acids is 3. The van der Waals surface area contributed by atoms with Gasteiger partial charge >= 0.3 is 5.97 Å². The molecule has 1 heterocycles. The third kappa shape index (κ3) is 4.11. The molecule has 3 aromatic carbocycles. The van der Waals surface area contributed by atoms with E-state index in [4.69, 9.17) is 9.47 Å². The van der Waals surface area contributed by atoms with E-state index in [-0.39, 0.29) is 47.8 Å². The van der Waals surface area contributed by atoms with E-state index in [1.807, 2.05) is 0 Å². The van der Waals surface area contributed by atoms with Crippen LogP contribution in [-0.2, 0) is 20.9 Å². The molecule has 3 aliphatic rings. The van der Waals surface area contributed by atoms with Crippen molar-refractivity contribution in [1.82, 2.24) is 0 Å². The number of nitrogens with zero attached hydrogens (tertiary/aromatic N) is 2. The second-order valence-corrected chi connectivity index (χ2v) is 9.63. The van der Waals surface area contributed by atoms with E-state index in [0.29, 0.717) is 22.7 Å². The Bertz CT molecular complexity index is 1430. The topological polar surface area (TPSA) is 116 Å². The molecular formula is C29H22N2O7. The number of anilines is 1. The van der Waals surface area contributed by atoms with Gasteiger partial charge in [0.25, 0.3) is 5.69 Å². The molecule has 4 atom stereocenters. The van der Waals surface area contributed by atoms with Gasteiger partial charge in [-0.25, -0.2) is 4.79 Å². The maximum absolute atomic E-state index is 13.0. The van der Waals surface area contributed by atoms with Crippen LogP contribution in [0.25, 0.3) is 0 Å². The predicted molar refractivity (Wildman–Crippen MR) is 135 cm³/mol. The van der Waals surface area contributed by atoms with Crippen molar-refractivity contribution in [3.8, 4) is 11.5 Å². The molecule has 0 radical (unpaired) electrons. The Morgan fingerprint density at radius 3 is 1.95 bits per heavy atom. The molecule has 3 aromatic rings. The van der Waals surface area contributed by atoms with Gasteiger partial charge in [-0.3, -0.25) is 24.6 Å². The lowest BCUT2D eigenvalue weighted by atomic mass is 9.85. The largest absolute Gasteiger partial charge is 0.457 e. The Hall–Kier alpha value is -4.79. The number of nitro benzene ring substituents is 1. The van der Waals surface area contributed by atoms with Gasteiger partial charge in [-0.05, 0) is 72.4 Å². The summed E-state index contributed by atoms with van der Waals surface area (Å²) in [4.78, 5) is 50.1. The Balaban J connectivity index is 1.04. The number of allylic oxidation sites excluding steroid dienone is 2. The van der Waals surface area contributed by atoms with Crippen molar-refractivity contribution in [3.05, 3.63) is 106 Å². The first-order valence-corrected chi connectivity index (χ1v) is 12.2. The molecule has 0 spiro atoms. The number of amides is 2. The van der Waals surface area contributed by atoms with Crippen LogP contribution < -0.4 is 9.64 Å². The maximum atomic E-state index is 13.0. The van der Waals surface area contributed by atoms with Gasteiger partial charge in [-0.2, -0.15) is 0 Å². The zero-order chi connectivity index (χ0) is 26.4. The molecule has 1 saturated heterocycles. The highest BCUT2D eigenvalue weighted by atomic mass is 16.6. The lowest BCUT2D eigenvalue weighted by molar-refractivity contribution is -0.384. The van der Waals surface area contributed by atoms with Gasteiger partial charge in [0.1, 0.15) is 18.1 Å². The summed E-state index contributed by atoms with van der Waals surface area (Å²) in [6, 6.07) is 19.0. The van der Waals surface area contributed by atoms with Crippen LogP contribution in [0.3, 0.4) is 0 Å². The fourth-order valence-corrected chi connectivity index (χ4v) is 5.56. The molecule has 0 N–H and O–H groups in total. The third-order valence-electron chi connectivity index (χ3n) is 7.41. The smallest absolute Gasteiger partial charge is 0.338 e. The van der Waals surface area contributed by atoms with E-state index in [0.717, 1.165) is 12.0 Å². The minimum atomic E-state index is -0.527. The fourth-order valence-electron chi connectivity index (χ4n) is 5.56. The van der Waals surface area contributed by atoms with Crippen molar-refractivity contribution >= 4 is 29.2 Å². The van der Waals surface area contributed by atoms with Crippen molar-refractivity contribution in [2.24, 2.45) is 23.7 Å². The Morgan fingerprint density at radius 2 is 1.39 bits per heavy atom. The molecule has 1 aliphatic heterocycles. The number of esters is 1. The van der Waals surface area contributed by atoms with Crippen LogP contribution in [0.15, 0.2) is 84.9 Å². The molecule has 2 amide bonds. The Kier molecular flexibility index (Phi) is 5.75. The summed E-state index contributed by atoms with van der Waals surface area (Å²) in [7, 11) is 0. The zero-order valence-electron chi connectivity index (χ0n) is 20.1. The van der Waals surface area contributed by atoms with Crippen LogP contribution >= 0.6 is 0 Å². The zero-order valence-corrected chi connectivity index (χ0v) is 20.1. The molecule has 38 heavy (non-hydrogen) atoms. The summed E-state index contributed by atoms with van der Waals surface area (Å²) in [6.45, 7) is 0.0423. The van der Waals surface area contributed by atoms with Gasteiger partial charge in [-0.1, -0.05) is 24.3 Å². The van der Waals surface area contributed by atoms with Crippen molar-refractivity contribution in [1.29, 1.82) is 0 Å². The van der Waals surface area contributed by atoms with Crippen LogP contribution in [0, 0.1) is 33.8 Å². The molecular weight excluding hydrogens is 488 g/mol. The highest BCUT2D eigenvalue weighted by molar-refractivity contribution is 6.22. The summed E-state index contributed by atoms with van der Waals surface area (Å²) < 4.78 is 11.1. The second kappa shape index (κ2) is 9.26. The number of hydrogen-bond donors (Lipinski definition) is 0. The second-order valence-electron chi connectivity index (χ2n) is 9.63. The van der Waals surface area contributed by atoms with Crippen LogP contribution in [-0.4, -0.2) is 22.7 Å². The van der Waals surface area contributed by atoms with E-state index in [2.05, 4.69) is 12.2 Å². The van der Waals surface area contributed by atoms with Crippen LogP contribution in [0.2, 0.25) is 0 Å². The summed E-state index contributed by atoms with van der Waals surface area (Å²) in [6.07, 6.45) is 4.99. The van der Waals surface area contributed by atoms with E-state index in [9.17, 15) is 24.5 Å². The highest BCUT2D eigenvalue weighted by Crippen LogP contribution is 2.53. The summed E-state index contributed by atoms with van der Waals surface area (Å²) in [5.41, 5.74) is 1.50. The van der Waals surface area contributed by atoms with Gasteiger partial charge in [-0.15, -0.1) is 0 Å². The van der Waals surface area contributed by atoms with Gasteiger partial charge in [0.15, 0.2) is 0 Å².